The molecular formula is C21H25IN2O4. The van der Waals surface area contributed by atoms with Crippen molar-refractivity contribution in [3.63, 3.8) is 0 Å². The second-order valence-corrected chi connectivity index (χ2v) is 7.56. The highest BCUT2D eigenvalue weighted by atomic mass is 127. The summed E-state index contributed by atoms with van der Waals surface area (Å²) in [6, 6.07) is 12.7. The molecule has 150 valence electrons. The Labute approximate surface area is 179 Å². The highest BCUT2D eigenvalue weighted by molar-refractivity contribution is 14.1. The molecule has 0 saturated heterocycles. The molecule has 0 aliphatic rings. The van der Waals surface area contributed by atoms with Crippen LogP contribution >= 0.6 is 22.6 Å². The lowest BCUT2D eigenvalue weighted by atomic mass is 9.98. The van der Waals surface area contributed by atoms with Gasteiger partial charge in [-0.1, -0.05) is 32.0 Å². The van der Waals surface area contributed by atoms with Crippen LogP contribution in [-0.4, -0.2) is 25.0 Å². The van der Waals surface area contributed by atoms with Crippen LogP contribution in [0.1, 0.15) is 49.0 Å². The standard InChI is InChI=1S/C21H25IN2O4/c1-5-13(2)16-8-6-7-9-18(16)28-14(3)20(25)23-24-21(26)15-10-11-19(27-4)17(22)12-15/h6-14H,5H2,1-4H3,(H,23,25)(H,24,26). The largest absolute Gasteiger partial charge is 0.496 e. The van der Waals surface area contributed by atoms with E-state index in [0.717, 1.165) is 15.6 Å². The van der Waals surface area contributed by atoms with E-state index in [-0.39, 0.29) is 0 Å². The predicted molar refractivity (Wildman–Crippen MR) is 117 cm³/mol. The Morgan fingerprint density at radius 1 is 1.07 bits per heavy atom. The number of methoxy groups -OCH3 is 1. The van der Waals surface area contributed by atoms with Crippen molar-refractivity contribution in [1.29, 1.82) is 0 Å². The Morgan fingerprint density at radius 3 is 2.43 bits per heavy atom. The number of nitrogens with one attached hydrogen (secondary N) is 2. The van der Waals surface area contributed by atoms with Gasteiger partial charge in [0.1, 0.15) is 11.5 Å². The van der Waals surface area contributed by atoms with E-state index in [9.17, 15) is 9.59 Å². The summed E-state index contributed by atoms with van der Waals surface area (Å²) in [5.74, 6) is 0.832. The van der Waals surface area contributed by atoms with E-state index in [1.807, 2.05) is 24.3 Å². The third kappa shape index (κ3) is 5.60. The van der Waals surface area contributed by atoms with E-state index < -0.39 is 17.9 Å². The van der Waals surface area contributed by atoms with Crippen molar-refractivity contribution in [3.8, 4) is 11.5 Å². The van der Waals surface area contributed by atoms with Gasteiger partial charge < -0.3 is 9.47 Å². The number of carbonyl (C=O) groups is 2. The number of amides is 2. The molecule has 0 bridgehead atoms. The summed E-state index contributed by atoms with van der Waals surface area (Å²) in [6.45, 7) is 5.86. The number of rotatable bonds is 7. The van der Waals surface area contributed by atoms with Crippen molar-refractivity contribution in [1.82, 2.24) is 10.9 Å². The third-order valence-electron chi connectivity index (χ3n) is 4.45. The molecule has 2 aromatic rings. The van der Waals surface area contributed by atoms with E-state index in [4.69, 9.17) is 9.47 Å². The van der Waals surface area contributed by atoms with Gasteiger partial charge >= 0.3 is 0 Å². The predicted octanol–water partition coefficient (Wildman–Crippen LogP) is 4.04. The minimum Gasteiger partial charge on any atom is -0.496 e. The molecule has 2 amide bonds. The van der Waals surface area contributed by atoms with Crippen molar-refractivity contribution in [3.05, 3.63) is 57.2 Å². The second-order valence-electron chi connectivity index (χ2n) is 6.40. The molecular weight excluding hydrogens is 471 g/mol. The van der Waals surface area contributed by atoms with E-state index in [0.29, 0.717) is 23.0 Å². The van der Waals surface area contributed by atoms with Crippen LogP contribution in [0.3, 0.4) is 0 Å². The van der Waals surface area contributed by atoms with Gasteiger partial charge in [0.15, 0.2) is 6.10 Å². The second kappa shape index (κ2) is 10.3. The fourth-order valence-electron chi connectivity index (χ4n) is 2.56. The first-order valence-corrected chi connectivity index (χ1v) is 10.1. The van der Waals surface area contributed by atoms with E-state index in [2.05, 4.69) is 47.3 Å². The van der Waals surface area contributed by atoms with Crippen molar-refractivity contribution >= 4 is 34.4 Å². The number of benzene rings is 2. The average Bonchev–Trinajstić information content (AvgIpc) is 2.71. The fraction of sp³-hybridized carbons (Fsp3) is 0.333. The maximum absolute atomic E-state index is 12.3. The third-order valence-corrected chi connectivity index (χ3v) is 5.29. The molecule has 2 aromatic carbocycles. The molecule has 0 spiro atoms. The topological polar surface area (TPSA) is 76.7 Å². The Bertz CT molecular complexity index is 841. The van der Waals surface area contributed by atoms with Gasteiger partial charge in [0.2, 0.25) is 0 Å². The molecule has 0 aliphatic carbocycles. The molecule has 28 heavy (non-hydrogen) atoms. The van der Waals surface area contributed by atoms with Gasteiger partial charge in [0.25, 0.3) is 11.8 Å². The zero-order chi connectivity index (χ0) is 20.7. The molecule has 0 saturated carbocycles. The van der Waals surface area contributed by atoms with Gasteiger partial charge in [-0.15, -0.1) is 0 Å². The van der Waals surface area contributed by atoms with Crippen molar-refractivity contribution in [2.75, 3.05) is 7.11 Å². The molecule has 2 N–H and O–H groups in total. The van der Waals surface area contributed by atoms with Gasteiger partial charge in [-0.3, -0.25) is 20.4 Å². The summed E-state index contributed by atoms with van der Waals surface area (Å²) in [5.41, 5.74) is 6.31. The van der Waals surface area contributed by atoms with E-state index >= 15 is 0 Å². The lowest BCUT2D eigenvalue weighted by Crippen LogP contribution is -2.47. The number of hydrazine groups is 1. The highest BCUT2D eigenvalue weighted by Crippen LogP contribution is 2.29. The van der Waals surface area contributed by atoms with Crippen molar-refractivity contribution < 1.29 is 19.1 Å². The molecule has 7 heteroatoms. The van der Waals surface area contributed by atoms with Gasteiger partial charge in [0.05, 0.1) is 10.7 Å². The molecule has 2 rings (SSSR count). The van der Waals surface area contributed by atoms with Crippen molar-refractivity contribution in [2.24, 2.45) is 0 Å². The first-order valence-electron chi connectivity index (χ1n) is 9.06. The summed E-state index contributed by atoms with van der Waals surface area (Å²) in [4.78, 5) is 24.6. The Balaban J connectivity index is 1.96. The monoisotopic (exact) mass is 496 g/mol. The smallest absolute Gasteiger partial charge is 0.279 e. The normalized spacial score (nSPS) is 12.6. The maximum Gasteiger partial charge on any atom is 0.279 e. The number of hydrogen-bond donors (Lipinski definition) is 2. The average molecular weight is 496 g/mol. The van der Waals surface area contributed by atoms with Crippen LogP contribution in [0.15, 0.2) is 42.5 Å². The SMILES string of the molecule is CCC(C)c1ccccc1OC(C)C(=O)NNC(=O)c1ccc(OC)c(I)c1. The van der Waals surface area contributed by atoms with Crippen LogP contribution in [0.2, 0.25) is 0 Å². The zero-order valence-electron chi connectivity index (χ0n) is 16.4. The number of halogens is 1. The minimum absolute atomic E-state index is 0.323. The molecule has 2 unspecified atom stereocenters. The molecule has 0 aromatic heterocycles. The van der Waals surface area contributed by atoms with E-state index in [1.54, 1.807) is 32.2 Å². The summed E-state index contributed by atoms with van der Waals surface area (Å²) >= 11 is 2.08. The lowest BCUT2D eigenvalue weighted by molar-refractivity contribution is -0.128. The van der Waals surface area contributed by atoms with Crippen molar-refractivity contribution in [2.45, 2.75) is 39.2 Å². The summed E-state index contributed by atoms with van der Waals surface area (Å²) in [6.07, 6.45) is 0.207. The van der Waals surface area contributed by atoms with Crippen LogP contribution in [0.4, 0.5) is 0 Å². The van der Waals surface area contributed by atoms with Crippen LogP contribution in [0.5, 0.6) is 11.5 Å². The molecule has 0 aliphatic heterocycles. The summed E-state index contributed by atoms with van der Waals surface area (Å²) < 4.78 is 11.8. The first kappa shape index (κ1) is 22.0. The van der Waals surface area contributed by atoms with Crippen LogP contribution in [0.25, 0.3) is 0 Å². The van der Waals surface area contributed by atoms with Crippen LogP contribution in [0, 0.1) is 3.57 Å². The molecule has 0 heterocycles. The van der Waals surface area contributed by atoms with Crippen LogP contribution in [-0.2, 0) is 4.79 Å². The van der Waals surface area contributed by atoms with Gasteiger partial charge in [-0.2, -0.15) is 0 Å². The summed E-state index contributed by atoms with van der Waals surface area (Å²) in [7, 11) is 1.57. The Kier molecular flexibility index (Phi) is 8.10. The Morgan fingerprint density at radius 2 is 1.79 bits per heavy atom. The maximum atomic E-state index is 12.3. The molecule has 6 nitrogen and oxygen atoms in total. The van der Waals surface area contributed by atoms with E-state index in [1.165, 1.54) is 0 Å². The Hall–Kier alpha value is -2.29. The van der Waals surface area contributed by atoms with Gasteiger partial charge in [-0.25, -0.2) is 0 Å². The summed E-state index contributed by atoms with van der Waals surface area (Å²) in [5, 5.41) is 0. The quantitative estimate of drug-likeness (QED) is 0.448. The molecule has 2 atom stereocenters. The number of hydrogen-bond acceptors (Lipinski definition) is 4. The first-order chi connectivity index (χ1) is 13.4. The fourth-order valence-corrected chi connectivity index (χ4v) is 3.29. The van der Waals surface area contributed by atoms with Gasteiger partial charge in [0, 0.05) is 5.56 Å². The zero-order valence-corrected chi connectivity index (χ0v) is 18.6. The molecule has 0 fully saturated rings. The lowest BCUT2D eigenvalue weighted by Gasteiger charge is -2.19. The highest BCUT2D eigenvalue weighted by Gasteiger charge is 2.19. The minimum atomic E-state index is -0.762. The number of para-hydroxylation sites is 1. The van der Waals surface area contributed by atoms with Crippen LogP contribution < -0.4 is 20.3 Å². The van der Waals surface area contributed by atoms with Gasteiger partial charge in [-0.05, 0) is 71.7 Å². The molecule has 0 radical (unpaired) electrons. The number of carbonyl (C=O) groups excluding carboxylic acids is 2. The number of ether oxygens (including phenoxy) is 2.